The zero-order chi connectivity index (χ0) is 12.1. The zero-order valence-electron chi connectivity index (χ0n) is 8.84. The van der Waals surface area contributed by atoms with Crippen LogP contribution in [0.5, 0.6) is 0 Å². The third kappa shape index (κ3) is 3.23. The first-order valence-electron chi connectivity index (χ1n) is 4.97. The van der Waals surface area contributed by atoms with Gasteiger partial charge >= 0.3 is 0 Å². The van der Waals surface area contributed by atoms with Crippen LogP contribution in [0, 0.1) is 11.6 Å². The Morgan fingerprint density at radius 2 is 2.12 bits per heavy atom. The van der Waals surface area contributed by atoms with Crippen LogP contribution in [0.1, 0.15) is 25.0 Å². The molecular weight excluding hydrogens is 282 g/mol. The van der Waals surface area contributed by atoms with Crippen molar-refractivity contribution in [2.24, 2.45) is 0 Å². The van der Waals surface area contributed by atoms with E-state index >= 15 is 0 Å². The van der Waals surface area contributed by atoms with Gasteiger partial charge in [-0.25, -0.2) is 8.78 Å². The Morgan fingerprint density at radius 1 is 1.44 bits per heavy atom. The summed E-state index contributed by atoms with van der Waals surface area (Å²) >= 11 is 2.94. The first kappa shape index (κ1) is 13.5. The standard InChI is InChI=1S/C11H13BrF2O2/c1-2-5-16-6-9(15)10-8(13)4-3-7(12)11(10)14/h3-4,9,15H,2,5-6H2,1H3. The minimum atomic E-state index is -1.29. The lowest BCUT2D eigenvalue weighted by Crippen LogP contribution is -2.12. The second-order valence-electron chi connectivity index (χ2n) is 3.35. The van der Waals surface area contributed by atoms with Crippen LogP contribution < -0.4 is 0 Å². The number of aliphatic hydroxyl groups excluding tert-OH is 1. The van der Waals surface area contributed by atoms with Crippen molar-refractivity contribution in [2.75, 3.05) is 13.2 Å². The van der Waals surface area contributed by atoms with E-state index in [4.69, 9.17) is 4.74 Å². The summed E-state index contributed by atoms with van der Waals surface area (Å²) in [6.45, 7) is 2.25. The predicted octanol–water partition coefficient (Wildman–Crippen LogP) is 3.19. The minimum absolute atomic E-state index is 0.113. The molecule has 0 aromatic heterocycles. The second kappa shape index (κ2) is 6.27. The van der Waals surface area contributed by atoms with Gasteiger partial charge in [-0.3, -0.25) is 0 Å². The van der Waals surface area contributed by atoms with Gasteiger partial charge in [-0.05, 0) is 34.5 Å². The normalized spacial score (nSPS) is 12.8. The molecular formula is C11H13BrF2O2. The fraction of sp³-hybridized carbons (Fsp3) is 0.455. The van der Waals surface area contributed by atoms with Gasteiger partial charge in [0.05, 0.1) is 16.6 Å². The van der Waals surface area contributed by atoms with E-state index in [0.717, 1.165) is 12.5 Å². The minimum Gasteiger partial charge on any atom is -0.386 e. The molecule has 0 heterocycles. The fourth-order valence-electron chi connectivity index (χ4n) is 1.27. The highest BCUT2D eigenvalue weighted by atomic mass is 79.9. The molecule has 90 valence electrons. The predicted molar refractivity (Wildman–Crippen MR) is 60.1 cm³/mol. The number of hydrogen-bond acceptors (Lipinski definition) is 2. The Bertz CT molecular complexity index is 358. The molecule has 1 aromatic carbocycles. The number of hydrogen-bond donors (Lipinski definition) is 1. The highest BCUT2D eigenvalue weighted by molar-refractivity contribution is 9.10. The summed E-state index contributed by atoms with van der Waals surface area (Å²) in [7, 11) is 0. The van der Waals surface area contributed by atoms with E-state index in [0.29, 0.717) is 6.61 Å². The van der Waals surface area contributed by atoms with Crippen molar-refractivity contribution in [3.8, 4) is 0 Å². The maximum Gasteiger partial charge on any atom is 0.146 e. The zero-order valence-corrected chi connectivity index (χ0v) is 10.4. The summed E-state index contributed by atoms with van der Waals surface area (Å²) in [4.78, 5) is 0. The molecule has 2 nitrogen and oxygen atoms in total. The van der Waals surface area contributed by atoms with Gasteiger partial charge in [-0.15, -0.1) is 0 Å². The largest absolute Gasteiger partial charge is 0.386 e. The highest BCUT2D eigenvalue weighted by Gasteiger charge is 2.20. The van der Waals surface area contributed by atoms with Crippen LogP contribution >= 0.6 is 15.9 Å². The molecule has 1 atom stereocenters. The van der Waals surface area contributed by atoms with E-state index < -0.39 is 17.7 Å². The number of benzene rings is 1. The topological polar surface area (TPSA) is 29.5 Å². The summed E-state index contributed by atoms with van der Waals surface area (Å²) < 4.78 is 32.0. The Kier molecular flexibility index (Phi) is 5.31. The van der Waals surface area contributed by atoms with E-state index in [2.05, 4.69) is 15.9 Å². The third-order valence-corrected chi connectivity index (χ3v) is 2.65. The van der Waals surface area contributed by atoms with Gasteiger partial charge in [0, 0.05) is 6.61 Å². The molecule has 1 aromatic rings. The van der Waals surface area contributed by atoms with Crippen molar-refractivity contribution >= 4 is 15.9 Å². The van der Waals surface area contributed by atoms with Gasteiger partial charge in [0.15, 0.2) is 0 Å². The average Bonchev–Trinajstić information content (AvgIpc) is 2.24. The lowest BCUT2D eigenvalue weighted by Gasteiger charge is -2.13. The number of rotatable bonds is 5. The van der Waals surface area contributed by atoms with Gasteiger partial charge in [0.25, 0.3) is 0 Å². The van der Waals surface area contributed by atoms with Crippen LogP contribution in [-0.2, 0) is 4.74 Å². The molecule has 0 amide bonds. The molecule has 0 aliphatic rings. The Hall–Kier alpha value is -0.520. The molecule has 0 fully saturated rings. The summed E-state index contributed by atoms with van der Waals surface area (Å²) in [6.07, 6.45) is -0.500. The Morgan fingerprint density at radius 3 is 2.75 bits per heavy atom. The smallest absolute Gasteiger partial charge is 0.146 e. The van der Waals surface area contributed by atoms with Crippen molar-refractivity contribution in [1.29, 1.82) is 0 Å². The third-order valence-electron chi connectivity index (χ3n) is 2.04. The maximum atomic E-state index is 13.5. The van der Waals surface area contributed by atoms with Crippen LogP contribution in [0.15, 0.2) is 16.6 Å². The van der Waals surface area contributed by atoms with Crippen LogP contribution in [-0.4, -0.2) is 18.3 Å². The first-order valence-corrected chi connectivity index (χ1v) is 5.76. The van der Waals surface area contributed by atoms with E-state index in [1.165, 1.54) is 6.07 Å². The molecule has 5 heteroatoms. The van der Waals surface area contributed by atoms with E-state index in [9.17, 15) is 13.9 Å². The molecule has 0 spiro atoms. The molecule has 0 radical (unpaired) electrons. The lowest BCUT2D eigenvalue weighted by atomic mass is 10.1. The van der Waals surface area contributed by atoms with Crippen LogP contribution in [0.4, 0.5) is 8.78 Å². The van der Waals surface area contributed by atoms with Gasteiger partial charge in [0.1, 0.15) is 17.7 Å². The summed E-state index contributed by atoms with van der Waals surface area (Å²) in [5.41, 5.74) is -0.356. The average molecular weight is 295 g/mol. The Labute approximate surface area is 101 Å². The van der Waals surface area contributed by atoms with Crippen molar-refractivity contribution < 1.29 is 18.6 Å². The van der Waals surface area contributed by atoms with E-state index in [1.54, 1.807) is 0 Å². The molecule has 16 heavy (non-hydrogen) atoms. The first-order chi connectivity index (χ1) is 7.57. The van der Waals surface area contributed by atoms with Crippen molar-refractivity contribution in [3.05, 3.63) is 33.8 Å². The highest BCUT2D eigenvalue weighted by Crippen LogP contribution is 2.26. The van der Waals surface area contributed by atoms with Crippen molar-refractivity contribution in [1.82, 2.24) is 0 Å². The lowest BCUT2D eigenvalue weighted by molar-refractivity contribution is 0.0326. The quantitative estimate of drug-likeness (QED) is 0.668. The molecule has 0 saturated carbocycles. The maximum absolute atomic E-state index is 13.5. The van der Waals surface area contributed by atoms with Gasteiger partial charge in [0.2, 0.25) is 0 Å². The molecule has 1 rings (SSSR count). The van der Waals surface area contributed by atoms with Gasteiger partial charge < -0.3 is 9.84 Å². The number of aliphatic hydroxyl groups is 1. The van der Waals surface area contributed by atoms with Crippen LogP contribution in [0.25, 0.3) is 0 Å². The number of halogens is 3. The second-order valence-corrected chi connectivity index (χ2v) is 4.20. The SMILES string of the molecule is CCCOCC(O)c1c(F)ccc(Br)c1F. The molecule has 0 aliphatic carbocycles. The molecule has 1 N–H and O–H groups in total. The van der Waals surface area contributed by atoms with Crippen molar-refractivity contribution in [3.63, 3.8) is 0 Å². The molecule has 0 saturated heterocycles. The fourth-order valence-corrected chi connectivity index (χ4v) is 1.62. The van der Waals surface area contributed by atoms with Gasteiger partial charge in [-0.2, -0.15) is 0 Å². The monoisotopic (exact) mass is 294 g/mol. The number of ether oxygens (including phenoxy) is 1. The van der Waals surface area contributed by atoms with Crippen LogP contribution in [0.3, 0.4) is 0 Å². The summed E-state index contributed by atoms with van der Waals surface area (Å²) in [6, 6.07) is 2.36. The van der Waals surface area contributed by atoms with Crippen molar-refractivity contribution in [2.45, 2.75) is 19.4 Å². The summed E-state index contributed by atoms with van der Waals surface area (Å²) in [5, 5.41) is 9.61. The summed E-state index contributed by atoms with van der Waals surface area (Å²) in [5.74, 6) is -1.55. The van der Waals surface area contributed by atoms with E-state index in [-0.39, 0.29) is 16.6 Å². The van der Waals surface area contributed by atoms with Gasteiger partial charge in [-0.1, -0.05) is 6.92 Å². The molecule has 0 aliphatic heterocycles. The molecule has 0 bridgehead atoms. The van der Waals surface area contributed by atoms with Crippen LogP contribution in [0.2, 0.25) is 0 Å². The van der Waals surface area contributed by atoms with E-state index in [1.807, 2.05) is 6.92 Å². The molecule has 1 unspecified atom stereocenters. The Balaban J connectivity index is 2.81.